The van der Waals surface area contributed by atoms with Crippen molar-refractivity contribution in [3.63, 3.8) is 0 Å². The number of rotatable bonds is 3. The Morgan fingerprint density at radius 3 is 2.33 bits per heavy atom. The number of nitrogens with zero attached hydrogens (tertiary/aromatic N) is 2. The van der Waals surface area contributed by atoms with Crippen LogP contribution in [-0.2, 0) is 0 Å². The molecule has 1 saturated carbocycles. The summed E-state index contributed by atoms with van der Waals surface area (Å²) in [6, 6.07) is 1.30. The van der Waals surface area contributed by atoms with Gasteiger partial charge >= 0.3 is 0 Å². The average molecular weight is 253 g/mol. The standard InChI is InChI=1S/C15H31N3/c1-5-14-7-6-8-15(14,11-16)18-9-12(2)17(4)13(3)10-18/h12-14H,5-11,16H2,1-4H3. The zero-order valence-corrected chi connectivity index (χ0v) is 12.7. The van der Waals surface area contributed by atoms with Gasteiger partial charge in [0.15, 0.2) is 0 Å². The summed E-state index contributed by atoms with van der Waals surface area (Å²) in [5.41, 5.74) is 6.54. The van der Waals surface area contributed by atoms with Gasteiger partial charge in [0.25, 0.3) is 0 Å². The predicted molar refractivity (Wildman–Crippen MR) is 77.7 cm³/mol. The normalized spacial score (nSPS) is 43.5. The Labute approximate surface area is 113 Å². The molecule has 1 aliphatic carbocycles. The molecule has 3 heteroatoms. The Morgan fingerprint density at radius 1 is 1.22 bits per heavy atom. The van der Waals surface area contributed by atoms with E-state index in [0.29, 0.717) is 17.6 Å². The van der Waals surface area contributed by atoms with Crippen LogP contribution in [0.3, 0.4) is 0 Å². The Balaban J connectivity index is 2.18. The van der Waals surface area contributed by atoms with Gasteiger partial charge in [-0.05, 0) is 39.7 Å². The third-order valence-electron chi connectivity index (χ3n) is 5.76. The van der Waals surface area contributed by atoms with Crippen molar-refractivity contribution in [1.29, 1.82) is 0 Å². The minimum absolute atomic E-state index is 0.304. The molecule has 106 valence electrons. The molecular weight excluding hydrogens is 222 g/mol. The maximum Gasteiger partial charge on any atom is 0.0361 e. The summed E-state index contributed by atoms with van der Waals surface area (Å²) >= 11 is 0. The summed E-state index contributed by atoms with van der Waals surface area (Å²) in [7, 11) is 2.26. The van der Waals surface area contributed by atoms with Gasteiger partial charge in [-0.1, -0.05) is 19.8 Å². The van der Waals surface area contributed by atoms with Crippen LogP contribution in [0, 0.1) is 5.92 Å². The number of likely N-dealkylation sites (N-methyl/N-ethyl adjacent to an activating group) is 1. The van der Waals surface area contributed by atoms with E-state index in [1.54, 1.807) is 0 Å². The van der Waals surface area contributed by atoms with E-state index < -0.39 is 0 Å². The van der Waals surface area contributed by atoms with Gasteiger partial charge in [0.1, 0.15) is 0 Å². The molecule has 4 atom stereocenters. The fraction of sp³-hybridized carbons (Fsp3) is 1.00. The highest BCUT2D eigenvalue weighted by atomic mass is 15.3. The lowest BCUT2D eigenvalue weighted by molar-refractivity contribution is -0.0277. The molecule has 0 amide bonds. The van der Waals surface area contributed by atoms with Crippen molar-refractivity contribution in [2.75, 3.05) is 26.7 Å². The molecular formula is C15H31N3. The monoisotopic (exact) mass is 253 g/mol. The lowest BCUT2D eigenvalue weighted by Crippen LogP contribution is -2.65. The van der Waals surface area contributed by atoms with Gasteiger partial charge in [0.2, 0.25) is 0 Å². The van der Waals surface area contributed by atoms with Crippen LogP contribution in [0.2, 0.25) is 0 Å². The molecule has 1 aliphatic heterocycles. The molecule has 1 heterocycles. The van der Waals surface area contributed by atoms with Crippen molar-refractivity contribution in [1.82, 2.24) is 9.80 Å². The van der Waals surface area contributed by atoms with Crippen molar-refractivity contribution in [3.05, 3.63) is 0 Å². The molecule has 0 spiro atoms. The highest BCUT2D eigenvalue weighted by Crippen LogP contribution is 2.42. The number of nitrogens with two attached hydrogens (primary N) is 1. The van der Waals surface area contributed by atoms with Crippen molar-refractivity contribution in [2.45, 2.75) is 64.1 Å². The number of hydrogen-bond donors (Lipinski definition) is 1. The highest BCUT2D eigenvalue weighted by Gasteiger charge is 2.47. The highest BCUT2D eigenvalue weighted by molar-refractivity contribution is 5.04. The summed E-state index contributed by atoms with van der Waals surface area (Å²) < 4.78 is 0. The van der Waals surface area contributed by atoms with Gasteiger partial charge < -0.3 is 5.73 Å². The first-order valence-corrected chi connectivity index (χ1v) is 7.72. The van der Waals surface area contributed by atoms with Crippen molar-refractivity contribution < 1.29 is 0 Å². The topological polar surface area (TPSA) is 32.5 Å². The SMILES string of the molecule is CCC1CCCC1(CN)N1CC(C)N(C)C(C)C1. The van der Waals surface area contributed by atoms with E-state index in [1.165, 1.54) is 38.8 Å². The summed E-state index contributed by atoms with van der Waals surface area (Å²) in [6.45, 7) is 10.3. The molecule has 18 heavy (non-hydrogen) atoms. The molecule has 2 N–H and O–H groups in total. The first-order chi connectivity index (χ1) is 8.55. The molecule has 0 radical (unpaired) electrons. The van der Waals surface area contributed by atoms with Gasteiger partial charge in [-0.3, -0.25) is 9.80 Å². The number of hydrogen-bond acceptors (Lipinski definition) is 3. The molecule has 0 bridgehead atoms. The van der Waals surface area contributed by atoms with Crippen LogP contribution < -0.4 is 5.73 Å². The fourth-order valence-corrected chi connectivity index (χ4v) is 4.29. The van der Waals surface area contributed by atoms with Crippen LogP contribution in [0.4, 0.5) is 0 Å². The Bertz CT molecular complexity index is 269. The smallest absolute Gasteiger partial charge is 0.0361 e. The third kappa shape index (κ3) is 2.21. The van der Waals surface area contributed by atoms with Crippen LogP contribution in [0.25, 0.3) is 0 Å². The van der Waals surface area contributed by atoms with Crippen molar-refractivity contribution in [2.24, 2.45) is 11.7 Å². The summed E-state index contributed by atoms with van der Waals surface area (Å²) in [4.78, 5) is 5.25. The largest absolute Gasteiger partial charge is 0.329 e. The van der Waals surface area contributed by atoms with E-state index in [2.05, 4.69) is 37.6 Å². The van der Waals surface area contributed by atoms with Crippen molar-refractivity contribution >= 4 is 0 Å². The third-order valence-corrected chi connectivity index (χ3v) is 5.76. The molecule has 0 aromatic carbocycles. The quantitative estimate of drug-likeness (QED) is 0.834. The second kappa shape index (κ2) is 5.48. The summed E-state index contributed by atoms with van der Waals surface area (Å²) in [5.74, 6) is 0.810. The zero-order chi connectivity index (χ0) is 13.3. The molecule has 4 unspecified atom stereocenters. The van der Waals surface area contributed by atoms with E-state index in [4.69, 9.17) is 5.73 Å². The first kappa shape index (κ1) is 14.3. The zero-order valence-electron chi connectivity index (χ0n) is 12.7. The fourth-order valence-electron chi connectivity index (χ4n) is 4.29. The van der Waals surface area contributed by atoms with E-state index in [0.717, 1.165) is 12.5 Å². The Morgan fingerprint density at radius 2 is 1.83 bits per heavy atom. The molecule has 3 nitrogen and oxygen atoms in total. The van der Waals surface area contributed by atoms with Gasteiger partial charge in [-0.2, -0.15) is 0 Å². The molecule has 0 aromatic heterocycles. The minimum Gasteiger partial charge on any atom is -0.329 e. The first-order valence-electron chi connectivity index (χ1n) is 7.72. The average Bonchev–Trinajstić information content (AvgIpc) is 2.79. The van der Waals surface area contributed by atoms with E-state index in [1.807, 2.05) is 0 Å². The van der Waals surface area contributed by atoms with Crippen LogP contribution in [0.15, 0.2) is 0 Å². The van der Waals surface area contributed by atoms with Crippen molar-refractivity contribution in [3.8, 4) is 0 Å². The maximum atomic E-state index is 6.24. The Kier molecular flexibility index (Phi) is 4.35. The second-order valence-corrected chi connectivity index (χ2v) is 6.57. The molecule has 1 saturated heterocycles. The predicted octanol–water partition coefficient (Wildman–Crippen LogP) is 1.92. The molecule has 2 aliphatic rings. The van der Waals surface area contributed by atoms with E-state index in [9.17, 15) is 0 Å². The minimum atomic E-state index is 0.304. The van der Waals surface area contributed by atoms with E-state index >= 15 is 0 Å². The number of piperazine rings is 1. The lowest BCUT2D eigenvalue weighted by Gasteiger charge is -2.52. The lowest BCUT2D eigenvalue weighted by atomic mass is 9.82. The molecule has 2 fully saturated rings. The van der Waals surface area contributed by atoms with Gasteiger partial charge in [-0.15, -0.1) is 0 Å². The van der Waals surface area contributed by atoms with E-state index in [-0.39, 0.29) is 0 Å². The van der Waals surface area contributed by atoms with Gasteiger partial charge in [0, 0.05) is 37.3 Å². The summed E-state index contributed by atoms with van der Waals surface area (Å²) in [6.07, 6.45) is 5.34. The van der Waals surface area contributed by atoms with Gasteiger partial charge in [-0.25, -0.2) is 0 Å². The summed E-state index contributed by atoms with van der Waals surface area (Å²) in [5, 5.41) is 0. The molecule has 0 aromatic rings. The maximum absolute atomic E-state index is 6.24. The van der Waals surface area contributed by atoms with Crippen LogP contribution in [0.5, 0.6) is 0 Å². The van der Waals surface area contributed by atoms with Gasteiger partial charge in [0.05, 0.1) is 0 Å². The van der Waals surface area contributed by atoms with Crippen LogP contribution in [-0.4, -0.2) is 54.1 Å². The molecule has 2 rings (SSSR count). The Hall–Kier alpha value is -0.120. The van der Waals surface area contributed by atoms with Crippen LogP contribution in [0.1, 0.15) is 46.5 Å². The second-order valence-electron chi connectivity index (χ2n) is 6.57. The van der Waals surface area contributed by atoms with Crippen LogP contribution >= 0.6 is 0 Å².